The summed E-state index contributed by atoms with van der Waals surface area (Å²) >= 11 is 0. The third kappa shape index (κ3) is 38.0. The minimum absolute atomic E-state index is 0.0572. The van der Waals surface area contributed by atoms with Crippen molar-refractivity contribution >= 4 is 11.9 Å². The largest absolute Gasteiger partial charge is 0.462 e. The molecule has 0 aromatic heterocycles. The maximum atomic E-state index is 12.2. The van der Waals surface area contributed by atoms with Crippen molar-refractivity contribution in [1.29, 1.82) is 0 Å². The van der Waals surface area contributed by atoms with Crippen molar-refractivity contribution in [3.63, 3.8) is 0 Å². The molecule has 0 amide bonds. The fourth-order valence-electron chi connectivity index (χ4n) is 6.71. The first-order valence-electron chi connectivity index (χ1n) is 22.0. The predicted molar refractivity (Wildman–Crippen MR) is 210 cm³/mol. The second-order valence-electron chi connectivity index (χ2n) is 15.4. The molecular weight excluding hydrogens is 608 g/mol. The Hall–Kier alpha value is -1.10. The lowest BCUT2D eigenvalue weighted by molar-refractivity contribution is -0.161. The zero-order valence-electron chi connectivity index (χ0n) is 33.4. The Morgan fingerprint density at radius 2 is 0.796 bits per heavy atom. The van der Waals surface area contributed by atoms with Gasteiger partial charge in [0.1, 0.15) is 6.61 Å². The number of aliphatic hydroxyl groups is 1. The van der Waals surface area contributed by atoms with Crippen molar-refractivity contribution in [2.75, 3.05) is 13.2 Å². The summed E-state index contributed by atoms with van der Waals surface area (Å²) in [7, 11) is 0. The Morgan fingerprint density at radius 1 is 0.469 bits per heavy atom. The molecule has 1 unspecified atom stereocenters. The molecule has 0 saturated heterocycles. The Morgan fingerprint density at radius 3 is 1.14 bits per heavy atom. The molecule has 0 fully saturated rings. The summed E-state index contributed by atoms with van der Waals surface area (Å²) in [6.45, 7) is 6.57. The maximum Gasteiger partial charge on any atom is 0.306 e. The Kier molecular flexibility index (Phi) is 38.8. The summed E-state index contributed by atoms with van der Waals surface area (Å²) < 4.78 is 10.6. The van der Waals surface area contributed by atoms with Crippen LogP contribution in [0.1, 0.15) is 245 Å². The lowest BCUT2D eigenvalue weighted by atomic mass is 9.99. The van der Waals surface area contributed by atoms with Gasteiger partial charge in [0, 0.05) is 12.8 Å². The predicted octanol–water partition coefficient (Wildman–Crippen LogP) is 13.8. The van der Waals surface area contributed by atoms with E-state index in [2.05, 4.69) is 20.8 Å². The summed E-state index contributed by atoms with van der Waals surface area (Å²) in [6.07, 6.45) is 43.1. The molecule has 0 rings (SSSR count). The van der Waals surface area contributed by atoms with Gasteiger partial charge in [0.05, 0.1) is 6.61 Å². The lowest BCUT2D eigenvalue weighted by Crippen LogP contribution is -2.28. The van der Waals surface area contributed by atoms with E-state index in [0.717, 1.165) is 38.0 Å². The van der Waals surface area contributed by atoms with Crippen LogP contribution < -0.4 is 0 Å². The van der Waals surface area contributed by atoms with Gasteiger partial charge in [0.15, 0.2) is 6.10 Å². The summed E-state index contributed by atoms with van der Waals surface area (Å²) in [5.41, 5.74) is 0. The minimum Gasteiger partial charge on any atom is -0.462 e. The topological polar surface area (TPSA) is 72.8 Å². The second-order valence-corrected chi connectivity index (χ2v) is 15.4. The molecule has 5 nitrogen and oxygen atoms in total. The molecule has 5 heteroatoms. The van der Waals surface area contributed by atoms with E-state index >= 15 is 0 Å². The van der Waals surface area contributed by atoms with Gasteiger partial charge in [-0.2, -0.15) is 0 Å². The number of rotatable bonds is 40. The minimum atomic E-state index is -0.762. The summed E-state index contributed by atoms with van der Waals surface area (Å²) in [4.78, 5) is 24.3. The Labute approximate surface area is 306 Å². The molecule has 0 aliphatic carbocycles. The first kappa shape index (κ1) is 47.9. The van der Waals surface area contributed by atoms with E-state index in [9.17, 15) is 14.7 Å². The molecule has 0 aliphatic rings. The van der Waals surface area contributed by atoms with Gasteiger partial charge < -0.3 is 14.6 Å². The molecule has 0 aliphatic heterocycles. The second kappa shape index (κ2) is 39.7. The summed E-state index contributed by atoms with van der Waals surface area (Å²) in [5, 5.41) is 9.57. The highest BCUT2D eigenvalue weighted by Crippen LogP contribution is 2.17. The standard InChI is InChI=1S/C44H86O5/c1-4-6-7-8-9-10-11-18-22-25-28-31-34-37-43(46)48-40-42(39-45)49-44(47)38-35-32-29-26-23-20-17-15-13-12-14-16-19-21-24-27-30-33-36-41(3)5-2/h41-42,45H,4-40H2,1-3H3/t41?,42-/m0/s1. The van der Waals surface area contributed by atoms with Crippen LogP contribution in [-0.4, -0.2) is 36.4 Å². The van der Waals surface area contributed by atoms with Gasteiger partial charge in [0.25, 0.3) is 0 Å². The highest BCUT2D eigenvalue weighted by Gasteiger charge is 2.16. The molecule has 292 valence electrons. The van der Waals surface area contributed by atoms with E-state index in [1.165, 1.54) is 180 Å². The van der Waals surface area contributed by atoms with Crippen molar-refractivity contribution in [2.24, 2.45) is 5.92 Å². The number of esters is 2. The molecular formula is C44H86O5. The number of carbonyl (C=O) groups excluding carboxylic acids is 2. The number of hydrogen-bond acceptors (Lipinski definition) is 5. The fourth-order valence-corrected chi connectivity index (χ4v) is 6.71. The zero-order chi connectivity index (χ0) is 35.9. The van der Waals surface area contributed by atoms with Gasteiger partial charge in [-0.15, -0.1) is 0 Å². The van der Waals surface area contributed by atoms with Crippen LogP contribution in [0.25, 0.3) is 0 Å². The van der Waals surface area contributed by atoms with Gasteiger partial charge in [-0.05, 0) is 18.8 Å². The van der Waals surface area contributed by atoms with Crippen molar-refractivity contribution in [3.05, 3.63) is 0 Å². The van der Waals surface area contributed by atoms with Gasteiger partial charge in [-0.25, -0.2) is 0 Å². The normalized spacial score (nSPS) is 12.7. The molecule has 49 heavy (non-hydrogen) atoms. The van der Waals surface area contributed by atoms with Crippen LogP contribution in [0.4, 0.5) is 0 Å². The molecule has 0 spiro atoms. The van der Waals surface area contributed by atoms with E-state index in [-0.39, 0.29) is 25.2 Å². The first-order chi connectivity index (χ1) is 24.0. The highest BCUT2D eigenvalue weighted by atomic mass is 16.6. The maximum absolute atomic E-state index is 12.2. The van der Waals surface area contributed by atoms with Crippen molar-refractivity contribution in [3.8, 4) is 0 Å². The molecule has 0 aromatic carbocycles. The third-order valence-corrected chi connectivity index (χ3v) is 10.4. The summed E-state index contributed by atoms with van der Waals surface area (Å²) in [6, 6.07) is 0. The lowest BCUT2D eigenvalue weighted by Gasteiger charge is -2.15. The Balaban J connectivity index is 3.45. The van der Waals surface area contributed by atoms with Crippen molar-refractivity contribution in [1.82, 2.24) is 0 Å². The quantitative estimate of drug-likeness (QED) is 0.0510. The fraction of sp³-hybridized carbons (Fsp3) is 0.955. The van der Waals surface area contributed by atoms with Gasteiger partial charge >= 0.3 is 11.9 Å². The van der Waals surface area contributed by atoms with E-state index in [1.54, 1.807) is 0 Å². The van der Waals surface area contributed by atoms with Crippen LogP contribution in [0.15, 0.2) is 0 Å². The average molecular weight is 695 g/mol. The smallest absolute Gasteiger partial charge is 0.306 e. The van der Waals surface area contributed by atoms with Gasteiger partial charge in [-0.1, -0.05) is 220 Å². The number of hydrogen-bond donors (Lipinski definition) is 1. The van der Waals surface area contributed by atoms with Crippen LogP contribution >= 0.6 is 0 Å². The highest BCUT2D eigenvalue weighted by molar-refractivity contribution is 5.70. The van der Waals surface area contributed by atoms with Crippen LogP contribution in [0, 0.1) is 5.92 Å². The molecule has 1 N–H and O–H groups in total. The van der Waals surface area contributed by atoms with Gasteiger partial charge in [-0.3, -0.25) is 9.59 Å². The van der Waals surface area contributed by atoms with Crippen molar-refractivity contribution < 1.29 is 24.2 Å². The SMILES string of the molecule is CCCCCCCCCCCCCCCC(=O)OC[C@H](CO)OC(=O)CCCCCCCCCCCCCCCCCCCCC(C)CC. The Bertz CT molecular complexity index is 680. The van der Waals surface area contributed by atoms with Crippen molar-refractivity contribution in [2.45, 2.75) is 252 Å². The van der Waals surface area contributed by atoms with Crippen LogP contribution in [-0.2, 0) is 19.1 Å². The zero-order valence-corrected chi connectivity index (χ0v) is 33.4. The summed E-state index contributed by atoms with van der Waals surface area (Å²) in [5.74, 6) is 0.342. The molecule has 0 heterocycles. The van der Waals surface area contributed by atoms with E-state index < -0.39 is 6.10 Å². The molecule has 0 aromatic rings. The van der Waals surface area contributed by atoms with E-state index in [4.69, 9.17) is 9.47 Å². The van der Waals surface area contributed by atoms with E-state index in [0.29, 0.717) is 12.8 Å². The number of carbonyl (C=O) groups is 2. The molecule has 0 bridgehead atoms. The number of aliphatic hydroxyl groups excluding tert-OH is 1. The number of ether oxygens (including phenoxy) is 2. The third-order valence-electron chi connectivity index (χ3n) is 10.4. The average Bonchev–Trinajstić information content (AvgIpc) is 3.10. The monoisotopic (exact) mass is 695 g/mol. The molecule has 0 saturated carbocycles. The van der Waals surface area contributed by atoms with Crippen LogP contribution in [0.2, 0.25) is 0 Å². The number of unbranched alkanes of at least 4 members (excludes halogenated alkanes) is 29. The van der Waals surface area contributed by atoms with Crippen LogP contribution in [0.3, 0.4) is 0 Å². The molecule has 0 radical (unpaired) electrons. The van der Waals surface area contributed by atoms with Crippen LogP contribution in [0.5, 0.6) is 0 Å². The van der Waals surface area contributed by atoms with E-state index in [1.807, 2.05) is 0 Å². The van der Waals surface area contributed by atoms with Gasteiger partial charge in [0.2, 0.25) is 0 Å². The first-order valence-corrected chi connectivity index (χ1v) is 22.0. The molecule has 2 atom stereocenters.